The fourth-order valence-corrected chi connectivity index (χ4v) is 1.98. The lowest BCUT2D eigenvalue weighted by Gasteiger charge is -2.09. The topological polar surface area (TPSA) is 85.8 Å². The number of para-hydroxylation sites is 1. The number of aliphatic carboxylic acids is 1. The van der Waals surface area contributed by atoms with Crippen LogP contribution < -0.4 is 20.6 Å². The Hall–Kier alpha value is -2.93. The Labute approximate surface area is 145 Å². The summed E-state index contributed by atoms with van der Waals surface area (Å²) in [5.74, 6) is -0.895. The predicted octanol–water partition coefficient (Wildman–Crippen LogP) is 1.44. The van der Waals surface area contributed by atoms with Gasteiger partial charge in [-0.05, 0) is 43.4 Å². The van der Waals surface area contributed by atoms with Crippen molar-refractivity contribution in [3.05, 3.63) is 59.7 Å². The molecular formula is C17H16N3O3S-. The van der Waals surface area contributed by atoms with Crippen LogP contribution >= 0.6 is 12.2 Å². The van der Waals surface area contributed by atoms with Crippen LogP contribution in [0.3, 0.4) is 0 Å². The summed E-state index contributed by atoms with van der Waals surface area (Å²) < 4.78 is 5.13. The second-order valence-corrected chi connectivity index (χ2v) is 5.30. The molecule has 2 aromatic rings. The number of benzene rings is 2. The molecule has 0 unspecified atom stereocenters. The van der Waals surface area contributed by atoms with E-state index < -0.39 is 12.6 Å². The van der Waals surface area contributed by atoms with Crippen LogP contribution in [0.5, 0.6) is 5.75 Å². The molecule has 0 fully saturated rings. The van der Waals surface area contributed by atoms with E-state index in [-0.39, 0.29) is 0 Å². The van der Waals surface area contributed by atoms with Crippen molar-refractivity contribution in [2.75, 3.05) is 11.9 Å². The molecular weight excluding hydrogens is 326 g/mol. The van der Waals surface area contributed by atoms with E-state index >= 15 is 0 Å². The van der Waals surface area contributed by atoms with Gasteiger partial charge in [-0.3, -0.25) is 5.43 Å². The van der Waals surface area contributed by atoms with Gasteiger partial charge in [-0.1, -0.05) is 29.8 Å². The summed E-state index contributed by atoms with van der Waals surface area (Å²) in [7, 11) is 0. The number of ether oxygens (including phenoxy) is 1. The number of hydrazone groups is 1. The Kier molecular flexibility index (Phi) is 6.27. The normalized spacial score (nSPS) is 10.4. The molecule has 0 heterocycles. The van der Waals surface area contributed by atoms with Crippen LogP contribution in [-0.2, 0) is 4.79 Å². The molecule has 0 saturated heterocycles. The second kappa shape index (κ2) is 8.64. The molecule has 124 valence electrons. The number of nitrogens with zero attached hydrogens (tertiary/aromatic N) is 1. The molecule has 0 aromatic heterocycles. The number of aryl methyl sites for hydroxylation is 1. The minimum atomic E-state index is -1.29. The van der Waals surface area contributed by atoms with Crippen LogP contribution in [-0.4, -0.2) is 23.9 Å². The maximum Gasteiger partial charge on any atom is 0.191 e. The van der Waals surface area contributed by atoms with Crippen molar-refractivity contribution in [2.45, 2.75) is 6.92 Å². The Bertz CT molecular complexity index is 745. The molecule has 2 rings (SSSR count). The minimum Gasteiger partial charge on any atom is -0.546 e. The van der Waals surface area contributed by atoms with Crippen molar-refractivity contribution in [1.29, 1.82) is 0 Å². The Morgan fingerprint density at radius 1 is 1.25 bits per heavy atom. The first-order valence-electron chi connectivity index (χ1n) is 7.13. The first kappa shape index (κ1) is 17.4. The van der Waals surface area contributed by atoms with Crippen molar-refractivity contribution in [2.24, 2.45) is 5.10 Å². The van der Waals surface area contributed by atoms with Gasteiger partial charge in [-0.2, -0.15) is 5.10 Å². The second-order valence-electron chi connectivity index (χ2n) is 4.89. The SMILES string of the molecule is Cc1ccc(NC(=S)N/N=C\c2ccccc2OCC(=O)[O-])cc1. The molecule has 0 amide bonds. The van der Waals surface area contributed by atoms with Crippen molar-refractivity contribution >= 4 is 35.2 Å². The van der Waals surface area contributed by atoms with E-state index in [1.165, 1.54) is 6.21 Å². The summed E-state index contributed by atoms with van der Waals surface area (Å²) in [5.41, 5.74) is 5.32. The van der Waals surface area contributed by atoms with E-state index in [2.05, 4.69) is 15.8 Å². The number of nitrogens with one attached hydrogen (secondary N) is 2. The van der Waals surface area contributed by atoms with Gasteiger partial charge < -0.3 is 20.0 Å². The quantitative estimate of drug-likeness (QED) is 0.469. The highest BCUT2D eigenvalue weighted by atomic mass is 32.1. The van der Waals surface area contributed by atoms with E-state index in [0.29, 0.717) is 16.4 Å². The number of carbonyl (C=O) groups is 1. The Balaban J connectivity index is 1.92. The molecule has 0 atom stereocenters. The van der Waals surface area contributed by atoms with Crippen LogP contribution in [0, 0.1) is 6.92 Å². The summed E-state index contributed by atoms with van der Waals surface area (Å²) in [6.45, 7) is 1.48. The zero-order chi connectivity index (χ0) is 17.4. The maximum atomic E-state index is 10.5. The third kappa shape index (κ3) is 5.69. The van der Waals surface area contributed by atoms with E-state index in [1.54, 1.807) is 24.3 Å². The summed E-state index contributed by atoms with van der Waals surface area (Å²) in [5, 5.41) is 17.8. The van der Waals surface area contributed by atoms with E-state index in [0.717, 1.165) is 11.3 Å². The molecule has 0 aliphatic rings. The number of anilines is 1. The van der Waals surface area contributed by atoms with Gasteiger partial charge in [-0.15, -0.1) is 0 Å². The van der Waals surface area contributed by atoms with Crippen LogP contribution in [0.25, 0.3) is 0 Å². The summed E-state index contributed by atoms with van der Waals surface area (Å²) in [6.07, 6.45) is 1.49. The number of hydrogen-bond donors (Lipinski definition) is 2. The van der Waals surface area contributed by atoms with Gasteiger partial charge in [0.25, 0.3) is 0 Å². The Morgan fingerprint density at radius 2 is 1.96 bits per heavy atom. The van der Waals surface area contributed by atoms with Gasteiger partial charge in [0.1, 0.15) is 12.4 Å². The van der Waals surface area contributed by atoms with Crippen LogP contribution in [0.2, 0.25) is 0 Å². The zero-order valence-corrected chi connectivity index (χ0v) is 13.8. The average molecular weight is 342 g/mol. The van der Waals surface area contributed by atoms with Crippen LogP contribution in [0.1, 0.15) is 11.1 Å². The summed E-state index contributed by atoms with van der Waals surface area (Å²) >= 11 is 5.15. The summed E-state index contributed by atoms with van der Waals surface area (Å²) in [4.78, 5) is 10.5. The fraction of sp³-hybridized carbons (Fsp3) is 0.118. The van der Waals surface area contributed by atoms with Gasteiger partial charge in [0.2, 0.25) is 0 Å². The first-order chi connectivity index (χ1) is 11.5. The molecule has 7 heteroatoms. The van der Waals surface area contributed by atoms with Gasteiger partial charge >= 0.3 is 0 Å². The largest absolute Gasteiger partial charge is 0.546 e. The van der Waals surface area contributed by atoms with Crippen molar-refractivity contribution in [3.63, 3.8) is 0 Å². The lowest BCUT2D eigenvalue weighted by molar-refractivity contribution is -0.307. The molecule has 6 nitrogen and oxygen atoms in total. The van der Waals surface area contributed by atoms with Crippen molar-refractivity contribution < 1.29 is 14.6 Å². The van der Waals surface area contributed by atoms with E-state index in [4.69, 9.17) is 17.0 Å². The highest BCUT2D eigenvalue weighted by Crippen LogP contribution is 2.15. The molecule has 0 radical (unpaired) electrons. The lowest BCUT2D eigenvalue weighted by atomic mass is 10.2. The Morgan fingerprint density at radius 3 is 2.67 bits per heavy atom. The van der Waals surface area contributed by atoms with Gasteiger partial charge in [0.15, 0.2) is 5.11 Å². The van der Waals surface area contributed by atoms with Gasteiger partial charge in [-0.25, -0.2) is 0 Å². The average Bonchev–Trinajstić information content (AvgIpc) is 2.56. The van der Waals surface area contributed by atoms with Gasteiger partial charge in [0.05, 0.1) is 12.2 Å². The third-order valence-corrected chi connectivity index (χ3v) is 3.14. The van der Waals surface area contributed by atoms with E-state index in [9.17, 15) is 9.90 Å². The minimum absolute atomic E-state index is 0.336. The highest BCUT2D eigenvalue weighted by molar-refractivity contribution is 7.80. The molecule has 0 aliphatic carbocycles. The zero-order valence-electron chi connectivity index (χ0n) is 13.0. The molecule has 2 aromatic carbocycles. The smallest absolute Gasteiger partial charge is 0.191 e. The maximum absolute atomic E-state index is 10.5. The number of carboxylic acid groups (broad SMARTS) is 1. The number of carboxylic acids is 1. The van der Waals surface area contributed by atoms with Crippen LogP contribution in [0.4, 0.5) is 5.69 Å². The molecule has 24 heavy (non-hydrogen) atoms. The standard InChI is InChI=1S/C17H17N3O3S/c1-12-6-8-14(9-7-12)19-17(24)20-18-10-13-4-2-3-5-15(13)23-11-16(21)22/h2-10H,11H2,1H3,(H,21,22)(H2,19,20,24)/p-1/b18-10-. The number of hydrogen-bond acceptors (Lipinski definition) is 5. The molecule has 0 bridgehead atoms. The molecule has 2 N–H and O–H groups in total. The van der Waals surface area contributed by atoms with Gasteiger partial charge in [0, 0.05) is 11.3 Å². The molecule has 0 spiro atoms. The third-order valence-electron chi connectivity index (χ3n) is 2.94. The van der Waals surface area contributed by atoms with Crippen molar-refractivity contribution in [3.8, 4) is 5.75 Å². The van der Waals surface area contributed by atoms with E-state index in [1.807, 2.05) is 31.2 Å². The number of thiocarbonyl (C=S) groups is 1. The lowest BCUT2D eigenvalue weighted by Crippen LogP contribution is -2.29. The predicted molar refractivity (Wildman–Crippen MR) is 95.1 cm³/mol. The number of rotatable bonds is 6. The number of carbonyl (C=O) groups excluding carboxylic acids is 1. The fourth-order valence-electron chi connectivity index (χ4n) is 1.81. The van der Waals surface area contributed by atoms with Crippen molar-refractivity contribution in [1.82, 2.24) is 5.43 Å². The monoisotopic (exact) mass is 342 g/mol. The van der Waals surface area contributed by atoms with Crippen LogP contribution in [0.15, 0.2) is 53.6 Å². The molecule has 0 saturated carbocycles. The first-order valence-corrected chi connectivity index (χ1v) is 7.54. The summed E-state index contributed by atoms with van der Waals surface area (Å²) in [6, 6.07) is 14.7. The highest BCUT2D eigenvalue weighted by Gasteiger charge is 2.01. The molecule has 0 aliphatic heterocycles.